The Morgan fingerprint density at radius 1 is 0.426 bits per heavy atom. The van der Waals surface area contributed by atoms with E-state index in [0.717, 1.165) is 61.9 Å². The molecule has 4 heteroatoms. The molecule has 0 fully saturated rings. The number of para-hydroxylation sites is 2. The first-order valence-electron chi connectivity index (χ1n) is 16.1. The molecule has 8 aromatic rings. The van der Waals surface area contributed by atoms with Crippen LogP contribution in [0, 0.1) is 6.92 Å². The molecule has 0 atom stereocenters. The van der Waals surface area contributed by atoms with Gasteiger partial charge in [0.05, 0.1) is 5.69 Å². The smallest absolute Gasteiger partial charge is 0.262 e. The maximum atomic E-state index is 6.98. The van der Waals surface area contributed by atoms with E-state index in [1.165, 1.54) is 32.5 Å². The number of benzene rings is 8. The summed E-state index contributed by atoms with van der Waals surface area (Å²) in [5.41, 5.74) is 7.82. The third kappa shape index (κ3) is 3.82. The molecule has 8 aromatic carbocycles. The third-order valence-electron chi connectivity index (χ3n) is 9.77. The Kier molecular flexibility index (Phi) is 5.59. The second-order valence-electron chi connectivity index (χ2n) is 12.5. The van der Waals surface area contributed by atoms with E-state index in [1.54, 1.807) is 0 Å². The van der Waals surface area contributed by atoms with Crippen LogP contribution in [0.3, 0.4) is 0 Å². The van der Waals surface area contributed by atoms with Gasteiger partial charge in [0.1, 0.15) is 23.0 Å². The molecular formula is C43H28BNO2. The molecule has 220 valence electrons. The Labute approximate surface area is 273 Å². The first kappa shape index (κ1) is 26.2. The summed E-state index contributed by atoms with van der Waals surface area (Å²) in [7, 11) is 0. The minimum absolute atomic E-state index is 0.0801. The summed E-state index contributed by atoms with van der Waals surface area (Å²) in [5, 5.41) is 7.10. The number of rotatable bonds is 3. The highest BCUT2D eigenvalue weighted by molar-refractivity contribution is 7.01. The molecule has 0 aromatic heterocycles. The Morgan fingerprint density at radius 3 is 1.53 bits per heavy atom. The van der Waals surface area contributed by atoms with Gasteiger partial charge in [-0.15, -0.1) is 0 Å². The number of hydrogen-bond donors (Lipinski definition) is 0. The summed E-state index contributed by atoms with van der Waals surface area (Å²) in [4.78, 5) is 2.34. The molecule has 0 N–H and O–H groups in total. The summed E-state index contributed by atoms with van der Waals surface area (Å²) in [6, 6.07) is 53.9. The molecule has 0 radical (unpaired) electrons. The molecule has 0 saturated heterocycles. The van der Waals surface area contributed by atoms with Crippen LogP contribution in [0.1, 0.15) is 5.56 Å². The predicted molar refractivity (Wildman–Crippen MR) is 196 cm³/mol. The average molecular weight is 602 g/mol. The molecule has 2 heterocycles. The number of nitrogens with zero attached hydrogens (tertiary/aromatic N) is 1. The van der Waals surface area contributed by atoms with Gasteiger partial charge in [-0.25, -0.2) is 0 Å². The van der Waals surface area contributed by atoms with Crippen molar-refractivity contribution in [3.8, 4) is 23.0 Å². The van der Waals surface area contributed by atoms with Crippen LogP contribution in [0.4, 0.5) is 17.1 Å². The van der Waals surface area contributed by atoms with E-state index in [1.807, 2.05) is 0 Å². The Hall–Kier alpha value is -6.00. The summed E-state index contributed by atoms with van der Waals surface area (Å²) in [5.74, 6) is 3.53. The first-order chi connectivity index (χ1) is 23.2. The SMILES string of the molecule is Cc1cc2c3c(c1)Oc1c(c4ccccc4c4ccccc14)B3c1c(cc(N(c3ccccc3)c3ccccc3)c3ccccc13)O2. The Balaban J connectivity index is 1.33. The van der Waals surface area contributed by atoms with Crippen LogP contribution < -0.4 is 30.8 Å². The lowest BCUT2D eigenvalue weighted by Crippen LogP contribution is -2.58. The highest BCUT2D eigenvalue weighted by atomic mass is 16.5. The van der Waals surface area contributed by atoms with Crippen LogP contribution >= 0.6 is 0 Å². The van der Waals surface area contributed by atoms with Gasteiger partial charge in [-0.05, 0) is 81.4 Å². The van der Waals surface area contributed by atoms with Crippen LogP contribution in [-0.2, 0) is 0 Å². The normalized spacial score (nSPS) is 12.7. The monoisotopic (exact) mass is 601 g/mol. The number of anilines is 3. The molecule has 0 bridgehead atoms. The molecule has 47 heavy (non-hydrogen) atoms. The van der Waals surface area contributed by atoms with Gasteiger partial charge in [0.25, 0.3) is 6.71 Å². The number of ether oxygens (including phenoxy) is 2. The van der Waals surface area contributed by atoms with E-state index in [4.69, 9.17) is 9.47 Å². The van der Waals surface area contributed by atoms with Crippen molar-refractivity contribution in [3.63, 3.8) is 0 Å². The zero-order chi connectivity index (χ0) is 31.1. The van der Waals surface area contributed by atoms with Crippen molar-refractivity contribution >= 4 is 72.5 Å². The van der Waals surface area contributed by atoms with Crippen LogP contribution in [-0.4, -0.2) is 6.71 Å². The van der Waals surface area contributed by atoms with Gasteiger partial charge in [-0.3, -0.25) is 0 Å². The number of fused-ring (bicyclic) bond motifs is 11. The molecular weight excluding hydrogens is 573 g/mol. The van der Waals surface area contributed by atoms with Crippen molar-refractivity contribution in [3.05, 3.63) is 157 Å². The van der Waals surface area contributed by atoms with E-state index in [-0.39, 0.29) is 6.71 Å². The quantitative estimate of drug-likeness (QED) is 0.149. The summed E-state index contributed by atoms with van der Waals surface area (Å²) in [6.07, 6.45) is 0. The van der Waals surface area contributed by atoms with Gasteiger partial charge >= 0.3 is 0 Å². The molecule has 10 rings (SSSR count). The zero-order valence-electron chi connectivity index (χ0n) is 25.8. The molecule has 2 aliphatic heterocycles. The maximum absolute atomic E-state index is 6.98. The van der Waals surface area contributed by atoms with Crippen LogP contribution in [0.5, 0.6) is 23.0 Å². The molecule has 2 aliphatic rings. The van der Waals surface area contributed by atoms with Gasteiger partial charge in [-0.2, -0.15) is 0 Å². The maximum Gasteiger partial charge on any atom is 0.262 e. The van der Waals surface area contributed by atoms with E-state index in [9.17, 15) is 0 Å². The van der Waals surface area contributed by atoms with Crippen molar-refractivity contribution < 1.29 is 9.47 Å². The van der Waals surface area contributed by atoms with Crippen molar-refractivity contribution in [2.24, 2.45) is 0 Å². The fraction of sp³-hybridized carbons (Fsp3) is 0.0233. The fourth-order valence-electron chi connectivity index (χ4n) is 7.88. The fourth-order valence-corrected chi connectivity index (χ4v) is 7.88. The lowest BCUT2D eigenvalue weighted by Gasteiger charge is -2.36. The molecule has 3 nitrogen and oxygen atoms in total. The Morgan fingerprint density at radius 2 is 0.894 bits per heavy atom. The topological polar surface area (TPSA) is 21.7 Å². The molecule has 0 spiro atoms. The average Bonchev–Trinajstić information content (AvgIpc) is 3.12. The van der Waals surface area contributed by atoms with Gasteiger partial charge in [0.2, 0.25) is 0 Å². The largest absolute Gasteiger partial charge is 0.458 e. The molecule has 0 amide bonds. The van der Waals surface area contributed by atoms with Gasteiger partial charge in [0.15, 0.2) is 0 Å². The minimum atomic E-state index is -0.0801. The highest BCUT2D eigenvalue weighted by Gasteiger charge is 2.43. The van der Waals surface area contributed by atoms with E-state index in [0.29, 0.717) is 0 Å². The molecule has 0 unspecified atom stereocenters. The van der Waals surface area contributed by atoms with E-state index >= 15 is 0 Å². The van der Waals surface area contributed by atoms with Crippen LogP contribution in [0.25, 0.3) is 32.3 Å². The van der Waals surface area contributed by atoms with E-state index in [2.05, 4.69) is 163 Å². The van der Waals surface area contributed by atoms with Crippen molar-refractivity contribution in [1.29, 1.82) is 0 Å². The van der Waals surface area contributed by atoms with Gasteiger partial charge in [0, 0.05) is 33.7 Å². The lowest BCUT2D eigenvalue weighted by atomic mass is 9.33. The number of hydrogen-bond acceptors (Lipinski definition) is 3. The van der Waals surface area contributed by atoms with Crippen molar-refractivity contribution in [1.82, 2.24) is 0 Å². The predicted octanol–water partition coefficient (Wildman–Crippen LogP) is 9.65. The summed E-state index contributed by atoms with van der Waals surface area (Å²) in [6.45, 7) is 2.03. The molecule has 0 aliphatic carbocycles. The number of aryl methyl sites for hydroxylation is 1. The Bertz CT molecular complexity index is 2510. The first-order valence-corrected chi connectivity index (χ1v) is 16.1. The standard InChI is InChI=1S/C43H28BNO2/c1-27-24-37-42-38(25-27)47-43-35-23-13-9-19-31(35)30-18-8-11-21-33(30)41(43)44(42)40-34-22-12-10-20-32(34)36(26-39(40)46-37)45(28-14-4-2-5-15-28)29-16-6-3-7-17-29/h2-26H,1H3. The second-order valence-corrected chi connectivity index (χ2v) is 12.5. The van der Waals surface area contributed by atoms with E-state index < -0.39 is 0 Å². The summed E-state index contributed by atoms with van der Waals surface area (Å²) >= 11 is 0. The lowest BCUT2D eigenvalue weighted by molar-refractivity contribution is 0.467. The van der Waals surface area contributed by atoms with Crippen molar-refractivity contribution in [2.45, 2.75) is 6.92 Å². The summed E-state index contributed by atoms with van der Waals surface area (Å²) < 4.78 is 13.9. The van der Waals surface area contributed by atoms with Gasteiger partial charge < -0.3 is 14.4 Å². The second kappa shape index (κ2) is 10.0. The zero-order valence-corrected chi connectivity index (χ0v) is 25.8. The minimum Gasteiger partial charge on any atom is -0.458 e. The third-order valence-corrected chi connectivity index (χ3v) is 9.77. The molecule has 0 saturated carbocycles. The van der Waals surface area contributed by atoms with Gasteiger partial charge in [-0.1, -0.05) is 109 Å². The van der Waals surface area contributed by atoms with Crippen LogP contribution in [0.2, 0.25) is 0 Å². The van der Waals surface area contributed by atoms with Crippen molar-refractivity contribution in [2.75, 3.05) is 4.90 Å². The highest BCUT2D eigenvalue weighted by Crippen LogP contribution is 2.45. The van der Waals surface area contributed by atoms with Crippen LogP contribution in [0.15, 0.2) is 152 Å².